The smallest absolute Gasteiger partial charge is 0.259 e. The Balaban J connectivity index is 2.02. The number of nitrogens with zero attached hydrogens (tertiary/aromatic N) is 2. The van der Waals surface area contributed by atoms with Crippen molar-refractivity contribution in [1.29, 1.82) is 0 Å². The van der Waals surface area contributed by atoms with Crippen molar-refractivity contribution in [3.05, 3.63) is 39.8 Å². The first-order chi connectivity index (χ1) is 12.1. The maximum absolute atomic E-state index is 12.6. The van der Waals surface area contributed by atoms with Gasteiger partial charge in [0.25, 0.3) is 5.91 Å². The van der Waals surface area contributed by atoms with E-state index in [0.717, 1.165) is 30.3 Å². The fraction of sp³-hybridized carbons (Fsp3) is 0.444. The first kappa shape index (κ1) is 19.2. The van der Waals surface area contributed by atoms with Crippen LogP contribution in [0.4, 0.5) is 0 Å². The van der Waals surface area contributed by atoms with Gasteiger partial charge in [0.2, 0.25) is 0 Å². The van der Waals surface area contributed by atoms with Crippen LogP contribution in [0.2, 0.25) is 0 Å². The highest BCUT2D eigenvalue weighted by molar-refractivity contribution is 7.09. The van der Waals surface area contributed by atoms with Gasteiger partial charge in [0.1, 0.15) is 22.1 Å². The Bertz CT molecular complexity index is 676. The molecule has 1 heterocycles. The molecule has 0 radical (unpaired) electrons. The first-order valence-corrected chi connectivity index (χ1v) is 9.15. The lowest BCUT2D eigenvalue weighted by Crippen LogP contribution is -2.24. The normalized spacial score (nSPS) is 10.8. The Morgan fingerprint density at radius 2 is 1.84 bits per heavy atom. The zero-order valence-corrected chi connectivity index (χ0v) is 16.0. The number of amides is 1. The number of methoxy groups -OCH3 is 2. The molecule has 1 aromatic heterocycles. The van der Waals surface area contributed by atoms with E-state index in [0.29, 0.717) is 23.6 Å². The van der Waals surface area contributed by atoms with E-state index < -0.39 is 0 Å². The van der Waals surface area contributed by atoms with Gasteiger partial charge < -0.3 is 14.8 Å². The first-order valence-electron chi connectivity index (χ1n) is 8.27. The molecule has 0 saturated heterocycles. The van der Waals surface area contributed by atoms with E-state index >= 15 is 0 Å². The molecule has 6 nitrogen and oxygen atoms in total. The number of aromatic nitrogens is 1. The highest BCUT2D eigenvalue weighted by Gasteiger charge is 2.18. The number of nitrogens with one attached hydrogen (secondary N) is 1. The van der Waals surface area contributed by atoms with Crippen molar-refractivity contribution in [2.24, 2.45) is 0 Å². The quantitative estimate of drug-likeness (QED) is 0.742. The number of hydrogen-bond acceptors (Lipinski definition) is 6. The summed E-state index contributed by atoms with van der Waals surface area (Å²) in [5.41, 5.74) is 1.43. The van der Waals surface area contributed by atoms with Crippen LogP contribution < -0.4 is 14.8 Å². The van der Waals surface area contributed by atoms with Gasteiger partial charge in [-0.2, -0.15) is 0 Å². The number of thiazole rings is 1. The standard InChI is InChI=1S/C18H25N3O3S/c1-5-21(6-2)11-13-12-25-16(20-13)10-19-18(22)17-14(23-3)8-7-9-15(17)24-4/h7-9,12H,5-6,10-11H2,1-4H3,(H,19,22). The van der Waals surface area contributed by atoms with E-state index in [1.54, 1.807) is 29.5 Å². The van der Waals surface area contributed by atoms with Crippen molar-refractivity contribution >= 4 is 17.2 Å². The monoisotopic (exact) mass is 363 g/mol. The Kier molecular flexibility index (Phi) is 7.21. The van der Waals surface area contributed by atoms with Crippen LogP contribution in [0.15, 0.2) is 23.6 Å². The highest BCUT2D eigenvalue weighted by Crippen LogP contribution is 2.28. The maximum atomic E-state index is 12.6. The second-order valence-corrected chi connectivity index (χ2v) is 6.36. The van der Waals surface area contributed by atoms with Crippen LogP contribution in [0.5, 0.6) is 11.5 Å². The van der Waals surface area contributed by atoms with Crippen molar-refractivity contribution in [1.82, 2.24) is 15.2 Å². The van der Waals surface area contributed by atoms with Crippen LogP contribution in [0.1, 0.15) is 34.9 Å². The summed E-state index contributed by atoms with van der Waals surface area (Å²) in [5.74, 6) is 0.728. The molecule has 0 spiro atoms. The van der Waals surface area contributed by atoms with Gasteiger partial charge in [-0.15, -0.1) is 11.3 Å². The van der Waals surface area contributed by atoms with Gasteiger partial charge in [-0.3, -0.25) is 9.69 Å². The molecule has 0 bridgehead atoms. The highest BCUT2D eigenvalue weighted by atomic mass is 32.1. The van der Waals surface area contributed by atoms with E-state index in [1.165, 1.54) is 14.2 Å². The van der Waals surface area contributed by atoms with Gasteiger partial charge in [0.05, 0.1) is 26.5 Å². The van der Waals surface area contributed by atoms with E-state index in [-0.39, 0.29) is 5.91 Å². The molecule has 0 aliphatic carbocycles. The molecule has 0 unspecified atom stereocenters. The molecule has 1 aromatic carbocycles. The van der Waals surface area contributed by atoms with Gasteiger partial charge in [0.15, 0.2) is 0 Å². The molecule has 0 aliphatic rings. The molecule has 136 valence electrons. The van der Waals surface area contributed by atoms with Gasteiger partial charge in [-0.1, -0.05) is 19.9 Å². The number of carbonyl (C=O) groups is 1. The summed E-state index contributed by atoms with van der Waals surface area (Å²) in [4.78, 5) is 19.5. The summed E-state index contributed by atoms with van der Waals surface area (Å²) in [5, 5.41) is 5.82. The number of ether oxygens (including phenoxy) is 2. The van der Waals surface area contributed by atoms with E-state index in [2.05, 4.69) is 29.0 Å². The molecule has 2 aromatic rings. The van der Waals surface area contributed by atoms with Crippen LogP contribution >= 0.6 is 11.3 Å². The summed E-state index contributed by atoms with van der Waals surface area (Å²) >= 11 is 1.55. The summed E-state index contributed by atoms with van der Waals surface area (Å²) in [6.07, 6.45) is 0. The van der Waals surface area contributed by atoms with Crippen LogP contribution in [0, 0.1) is 0 Å². The minimum atomic E-state index is -0.241. The predicted octanol–water partition coefficient (Wildman–Crippen LogP) is 2.93. The molecule has 0 saturated carbocycles. The van der Waals surface area contributed by atoms with Crippen LogP contribution in [-0.2, 0) is 13.1 Å². The fourth-order valence-corrected chi connectivity index (χ4v) is 3.22. The molecule has 1 amide bonds. The van der Waals surface area contributed by atoms with Gasteiger partial charge >= 0.3 is 0 Å². The van der Waals surface area contributed by atoms with Crippen LogP contribution in [-0.4, -0.2) is 43.1 Å². The predicted molar refractivity (Wildman–Crippen MR) is 99.5 cm³/mol. The van der Waals surface area contributed by atoms with Crippen molar-refractivity contribution in [2.45, 2.75) is 26.9 Å². The molecular formula is C18H25N3O3S. The Hall–Kier alpha value is -2.12. The number of carbonyl (C=O) groups excluding carboxylic acids is 1. The third-order valence-corrected chi connectivity index (χ3v) is 4.83. The van der Waals surface area contributed by atoms with E-state index in [4.69, 9.17) is 9.47 Å². The molecule has 2 rings (SSSR count). The summed E-state index contributed by atoms with van der Waals surface area (Å²) in [7, 11) is 3.07. The molecule has 0 atom stereocenters. The number of hydrogen-bond donors (Lipinski definition) is 1. The van der Waals surface area contributed by atoms with E-state index in [9.17, 15) is 4.79 Å². The fourth-order valence-electron chi connectivity index (χ4n) is 2.50. The molecule has 1 N–H and O–H groups in total. The molecule has 0 fully saturated rings. The van der Waals surface area contributed by atoms with Crippen LogP contribution in [0.3, 0.4) is 0 Å². The van der Waals surface area contributed by atoms with Crippen molar-refractivity contribution in [3.63, 3.8) is 0 Å². The average molecular weight is 363 g/mol. The van der Waals surface area contributed by atoms with Crippen molar-refractivity contribution in [2.75, 3.05) is 27.3 Å². The topological polar surface area (TPSA) is 63.7 Å². The Labute approximate surface area is 152 Å². The lowest BCUT2D eigenvalue weighted by Gasteiger charge is -2.15. The summed E-state index contributed by atoms with van der Waals surface area (Å²) < 4.78 is 10.5. The molecule has 7 heteroatoms. The van der Waals surface area contributed by atoms with Gasteiger partial charge in [-0.05, 0) is 25.2 Å². The zero-order chi connectivity index (χ0) is 18.2. The lowest BCUT2D eigenvalue weighted by atomic mass is 10.1. The third kappa shape index (κ3) is 4.93. The molecule has 0 aliphatic heterocycles. The van der Waals surface area contributed by atoms with Gasteiger partial charge in [0, 0.05) is 11.9 Å². The summed E-state index contributed by atoms with van der Waals surface area (Å²) in [6, 6.07) is 5.26. The second-order valence-electron chi connectivity index (χ2n) is 5.41. The second kappa shape index (κ2) is 9.39. The minimum absolute atomic E-state index is 0.241. The Morgan fingerprint density at radius 1 is 1.20 bits per heavy atom. The van der Waals surface area contributed by atoms with Crippen LogP contribution in [0.25, 0.3) is 0 Å². The number of benzene rings is 1. The zero-order valence-electron chi connectivity index (χ0n) is 15.2. The van der Waals surface area contributed by atoms with Crippen molar-refractivity contribution in [3.8, 4) is 11.5 Å². The lowest BCUT2D eigenvalue weighted by molar-refractivity contribution is 0.0944. The van der Waals surface area contributed by atoms with Gasteiger partial charge in [-0.25, -0.2) is 4.98 Å². The van der Waals surface area contributed by atoms with Crippen molar-refractivity contribution < 1.29 is 14.3 Å². The average Bonchev–Trinajstić information content (AvgIpc) is 3.10. The summed E-state index contributed by atoms with van der Waals surface area (Å²) in [6.45, 7) is 7.47. The van der Waals surface area contributed by atoms with E-state index in [1.807, 2.05) is 5.38 Å². The minimum Gasteiger partial charge on any atom is -0.496 e. The number of rotatable bonds is 9. The molecular weight excluding hydrogens is 338 g/mol. The Morgan fingerprint density at radius 3 is 2.40 bits per heavy atom. The molecule has 25 heavy (non-hydrogen) atoms. The maximum Gasteiger partial charge on any atom is 0.259 e. The third-order valence-electron chi connectivity index (χ3n) is 3.93. The SMILES string of the molecule is CCN(CC)Cc1csc(CNC(=O)c2c(OC)cccc2OC)n1. The largest absolute Gasteiger partial charge is 0.496 e.